The molecule has 1 aromatic rings. The van der Waals surface area contributed by atoms with Crippen molar-refractivity contribution >= 4 is 0 Å². The molecule has 1 atom stereocenters. The van der Waals surface area contributed by atoms with Crippen LogP contribution in [0.2, 0.25) is 0 Å². The normalized spacial score (nSPS) is 24.2. The molecule has 0 radical (unpaired) electrons. The van der Waals surface area contributed by atoms with E-state index in [0.717, 1.165) is 19.0 Å². The molecular formula is C8H14N4. The summed E-state index contributed by atoms with van der Waals surface area (Å²) < 4.78 is 1.91. The third kappa shape index (κ3) is 1.82. The zero-order valence-electron chi connectivity index (χ0n) is 7.11. The summed E-state index contributed by atoms with van der Waals surface area (Å²) in [5, 5.41) is 11.1. The van der Waals surface area contributed by atoms with Crippen LogP contribution in [0, 0.1) is 5.92 Å². The average Bonchev–Trinajstić information content (AvgIpc) is 2.59. The summed E-state index contributed by atoms with van der Waals surface area (Å²) in [6, 6.07) is 0. The molecule has 1 aromatic heterocycles. The molecule has 2 rings (SSSR count). The van der Waals surface area contributed by atoms with Gasteiger partial charge in [-0.2, -0.15) is 0 Å². The average molecular weight is 166 g/mol. The molecule has 1 fully saturated rings. The lowest BCUT2D eigenvalue weighted by Crippen LogP contribution is -2.32. The quantitative estimate of drug-likeness (QED) is 0.686. The van der Waals surface area contributed by atoms with E-state index in [2.05, 4.69) is 15.6 Å². The SMILES string of the molecule is c1cn(C[C@@H]2CCCNC2)nn1. The van der Waals surface area contributed by atoms with Crippen LogP contribution in [0.5, 0.6) is 0 Å². The summed E-state index contributed by atoms with van der Waals surface area (Å²) in [7, 11) is 0. The van der Waals surface area contributed by atoms with Crippen molar-refractivity contribution in [3.8, 4) is 0 Å². The maximum Gasteiger partial charge on any atom is 0.0692 e. The maximum atomic E-state index is 3.95. The largest absolute Gasteiger partial charge is 0.316 e. The monoisotopic (exact) mass is 166 g/mol. The third-order valence-corrected chi connectivity index (χ3v) is 2.32. The van der Waals surface area contributed by atoms with Crippen molar-refractivity contribution in [2.75, 3.05) is 13.1 Å². The van der Waals surface area contributed by atoms with Gasteiger partial charge in [-0.1, -0.05) is 5.21 Å². The van der Waals surface area contributed by atoms with Crippen LogP contribution in [0.25, 0.3) is 0 Å². The summed E-state index contributed by atoms with van der Waals surface area (Å²) in [6.07, 6.45) is 6.26. The van der Waals surface area contributed by atoms with Crippen LogP contribution < -0.4 is 5.32 Å². The van der Waals surface area contributed by atoms with E-state index in [0.29, 0.717) is 0 Å². The maximum absolute atomic E-state index is 3.95. The highest BCUT2D eigenvalue weighted by molar-refractivity contribution is 4.71. The zero-order chi connectivity index (χ0) is 8.23. The zero-order valence-corrected chi connectivity index (χ0v) is 7.11. The van der Waals surface area contributed by atoms with E-state index in [9.17, 15) is 0 Å². The van der Waals surface area contributed by atoms with Gasteiger partial charge in [-0.3, -0.25) is 4.68 Å². The summed E-state index contributed by atoms with van der Waals surface area (Å²) in [5.74, 6) is 0.737. The van der Waals surface area contributed by atoms with Crippen molar-refractivity contribution in [3.05, 3.63) is 12.4 Å². The minimum absolute atomic E-state index is 0.737. The Hall–Kier alpha value is -0.900. The van der Waals surface area contributed by atoms with Crippen molar-refractivity contribution in [1.82, 2.24) is 20.3 Å². The van der Waals surface area contributed by atoms with Crippen LogP contribution in [0.15, 0.2) is 12.4 Å². The van der Waals surface area contributed by atoms with E-state index in [-0.39, 0.29) is 0 Å². The molecule has 2 heterocycles. The summed E-state index contributed by atoms with van der Waals surface area (Å²) in [5.41, 5.74) is 0. The lowest BCUT2D eigenvalue weighted by molar-refractivity contribution is 0.322. The van der Waals surface area contributed by atoms with Crippen molar-refractivity contribution < 1.29 is 0 Å². The minimum Gasteiger partial charge on any atom is -0.316 e. The molecule has 4 nitrogen and oxygen atoms in total. The highest BCUT2D eigenvalue weighted by atomic mass is 15.4. The van der Waals surface area contributed by atoms with Gasteiger partial charge in [-0.15, -0.1) is 5.10 Å². The first kappa shape index (κ1) is 7.73. The van der Waals surface area contributed by atoms with Gasteiger partial charge in [-0.05, 0) is 31.8 Å². The second kappa shape index (κ2) is 3.67. The molecule has 1 aliphatic heterocycles. The van der Waals surface area contributed by atoms with Gasteiger partial charge in [0.1, 0.15) is 0 Å². The molecule has 0 spiro atoms. The summed E-state index contributed by atoms with van der Waals surface area (Å²) in [6.45, 7) is 3.31. The number of piperidine rings is 1. The molecule has 1 N–H and O–H groups in total. The molecule has 0 unspecified atom stereocenters. The lowest BCUT2D eigenvalue weighted by Gasteiger charge is -2.22. The fourth-order valence-corrected chi connectivity index (χ4v) is 1.67. The second-order valence-electron chi connectivity index (χ2n) is 3.34. The van der Waals surface area contributed by atoms with Gasteiger partial charge in [0.15, 0.2) is 0 Å². The number of nitrogens with one attached hydrogen (secondary N) is 1. The van der Waals surface area contributed by atoms with Crippen molar-refractivity contribution in [3.63, 3.8) is 0 Å². The number of hydrogen-bond acceptors (Lipinski definition) is 3. The van der Waals surface area contributed by atoms with Gasteiger partial charge in [0, 0.05) is 12.7 Å². The Labute approximate surface area is 72.0 Å². The van der Waals surface area contributed by atoms with Gasteiger partial charge in [-0.25, -0.2) is 0 Å². The minimum atomic E-state index is 0.737. The van der Waals surface area contributed by atoms with E-state index >= 15 is 0 Å². The Kier molecular flexibility index (Phi) is 2.36. The van der Waals surface area contributed by atoms with Crippen LogP contribution in [-0.2, 0) is 6.54 Å². The molecule has 1 saturated heterocycles. The number of aromatic nitrogens is 3. The summed E-state index contributed by atoms with van der Waals surface area (Å²) in [4.78, 5) is 0. The van der Waals surface area contributed by atoms with E-state index in [1.807, 2.05) is 10.9 Å². The topological polar surface area (TPSA) is 42.7 Å². The molecule has 0 saturated carbocycles. The lowest BCUT2D eigenvalue weighted by atomic mass is 10.00. The number of nitrogens with zero attached hydrogens (tertiary/aromatic N) is 3. The van der Waals surface area contributed by atoms with E-state index in [4.69, 9.17) is 0 Å². The second-order valence-corrected chi connectivity index (χ2v) is 3.34. The van der Waals surface area contributed by atoms with Gasteiger partial charge < -0.3 is 5.32 Å². The predicted octanol–water partition coefficient (Wildman–Crippen LogP) is 0.278. The molecule has 1 aliphatic rings. The summed E-state index contributed by atoms with van der Waals surface area (Å²) >= 11 is 0. The number of hydrogen-bond donors (Lipinski definition) is 1. The van der Waals surface area contributed by atoms with Crippen molar-refractivity contribution in [1.29, 1.82) is 0 Å². The molecule has 4 heteroatoms. The fourth-order valence-electron chi connectivity index (χ4n) is 1.67. The molecule has 12 heavy (non-hydrogen) atoms. The highest BCUT2D eigenvalue weighted by Gasteiger charge is 2.13. The van der Waals surface area contributed by atoms with E-state index in [1.165, 1.54) is 19.4 Å². The Morgan fingerprint density at radius 3 is 3.25 bits per heavy atom. The van der Waals surface area contributed by atoms with Crippen molar-refractivity contribution in [2.24, 2.45) is 5.92 Å². The molecule has 0 aliphatic carbocycles. The first-order valence-corrected chi connectivity index (χ1v) is 4.50. The standard InChI is InChI=1S/C8H14N4/c1-2-8(6-9-3-1)7-12-5-4-10-11-12/h4-5,8-9H,1-3,6-7H2/t8-/m1/s1. The van der Waals surface area contributed by atoms with Crippen LogP contribution in [0.1, 0.15) is 12.8 Å². The Morgan fingerprint density at radius 1 is 1.58 bits per heavy atom. The molecule has 0 aromatic carbocycles. The molecular weight excluding hydrogens is 152 g/mol. The smallest absolute Gasteiger partial charge is 0.0692 e. The van der Waals surface area contributed by atoms with Crippen LogP contribution >= 0.6 is 0 Å². The van der Waals surface area contributed by atoms with E-state index in [1.54, 1.807) is 6.20 Å². The van der Waals surface area contributed by atoms with Crippen LogP contribution in [0.4, 0.5) is 0 Å². The van der Waals surface area contributed by atoms with E-state index < -0.39 is 0 Å². The molecule has 0 bridgehead atoms. The molecule has 66 valence electrons. The molecule has 0 amide bonds. The predicted molar refractivity (Wildman–Crippen MR) is 45.6 cm³/mol. The Balaban J connectivity index is 1.86. The van der Waals surface area contributed by atoms with Gasteiger partial charge in [0.2, 0.25) is 0 Å². The third-order valence-electron chi connectivity index (χ3n) is 2.32. The van der Waals surface area contributed by atoms with Crippen LogP contribution in [-0.4, -0.2) is 28.1 Å². The van der Waals surface area contributed by atoms with Crippen LogP contribution in [0.3, 0.4) is 0 Å². The van der Waals surface area contributed by atoms with Crippen molar-refractivity contribution in [2.45, 2.75) is 19.4 Å². The Bertz CT molecular complexity index is 213. The first-order valence-electron chi connectivity index (χ1n) is 4.50. The highest BCUT2D eigenvalue weighted by Crippen LogP contribution is 2.11. The van der Waals surface area contributed by atoms with Gasteiger partial charge in [0.05, 0.1) is 6.20 Å². The fraction of sp³-hybridized carbons (Fsp3) is 0.750. The van der Waals surface area contributed by atoms with Gasteiger partial charge >= 0.3 is 0 Å². The Morgan fingerprint density at radius 2 is 2.58 bits per heavy atom. The number of rotatable bonds is 2. The first-order chi connectivity index (χ1) is 5.95. The van der Waals surface area contributed by atoms with Gasteiger partial charge in [0.25, 0.3) is 0 Å².